The van der Waals surface area contributed by atoms with Crippen LogP contribution in [0, 0.1) is 6.92 Å². The molecule has 2 aromatic rings. The van der Waals surface area contributed by atoms with Crippen molar-refractivity contribution in [3.05, 3.63) is 41.7 Å². The summed E-state index contributed by atoms with van der Waals surface area (Å²) in [5.41, 5.74) is 8.75. The maximum atomic E-state index is 5.49. The SMILES string of the molecule is Cc1cnn(-c2cccc(CCCCN)c2)n1. The smallest absolute Gasteiger partial charge is 0.0859 e. The van der Waals surface area contributed by atoms with Crippen molar-refractivity contribution in [2.24, 2.45) is 5.73 Å². The van der Waals surface area contributed by atoms with Gasteiger partial charge in [0.25, 0.3) is 0 Å². The minimum absolute atomic E-state index is 0.763. The van der Waals surface area contributed by atoms with Gasteiger partial charge in [0, 0.05) is 0 Å². The monoisotopic (exact) mass is 230 g/mol. The van der Waals surface area contributed by atoms with Gasteiger partial charge in [-0.05, 0) is 50.4 Å². The molecule has 0 aliphatic carbocycles. The summed E-state index contributed by atoms with van der Waals surface area (Å²) in [6.07, 6.45) is 5.03. The number of aromatic nitrogens is 3. The number of nitrogens with zero attached hydrogens (tertiary/aromatic N) is 3. The van der Waals surface area contributed by atoms with Gasteiger partial charge < -0.3 is 5.73 Å². The standard InChI is InChI=1S/C13H18N4/c1-11-10-15-17(16-11)13-7-4-6-12(9-13)5-2-3-8-14/h4,6-7,9-10H,2-3,5,8,14H2,1H3. The van der Waals surface area contributed by atoms with E-state index >= 15 is 0 Å². The van der Waals surface area contributed by atoms with E-state index in [0.717, 1.165) is 37.2 Å². The second-order valence-electron chi connectivity index (χ2n) is 4.19. The average Bonchev–Trinajstić information content (AvgIpc) is 2.77. The Labute approximate surface area is 101 Å². The lowest BCUT2D eigenvalue weighted by molar-refractivity contribution is 0.731. The molecule has 0 aliphatic rings. The zero-order chi connectivity index (χ0) is 12.1. The van der Waals surface area contributed by atoms with E-state index < -0.39 is 0 Å². The second-order valence-corrected chi connectivity index (χ2v) is 4.19. The highest BCUT2D eigenvalue weighted by Gasteiger charge is 2.01. The van der Waals surface area contributed by atoms with Crippen LogP contribution in [0.5, 0.6) is 0 Å². The topological polar surface area (TPSA) is 56.7 Å². The molecule has 1 aromatic heterocycles. The molecule has 0 atom stereocenters. The van der Waals surface area contributed by atoms with E-state index in [4.69, 9.17) is 5.73 Å². The van der Waals surface area contributed by atoms with Gasteiger partial charge in [0.05, 0.1) is 17.6 Å². The lowest BCUT2D eigenvalue weighted by atomic mass is 10.1. The van der Waals surface area contributed by atoms with Gasteiger partial charge in [-0.2, -0.15) is 15.0 Å². The van der Waals surface area contributed by atoms with Crippen LogP contribution in [0.25, 0.3) is 5.69 Å². The third-order valence-corrected chi connectivity index (χ3v) is 2.67. The van der Waals surface area contributed by atoms with Crippen LogP contribution in [0.15, 0.2) is 30.5 Å². The van der Waals surface area contributed by atoms with Crippen molar-refractivity contribution in [3.8, 4) is 5.69 Å². The fourth-order valence-electron chi connectivity index (χ4n) is 1.77. The lowest BCUT2D eigenvalue weighted by Crippen LogP contribution is -2.01. The van der Waals surface area contributed by atoms with Crippen molar-refractivity contribution >= 4 is 0 Å². The van der Waals surface area contributed by atoms with Crippen LogP contribution < -0.4 is 5.73 Å². The van der Waals surface area contributed by atoms with Gasteiger partial charge in [-0.3, -0.25) is 0 Å². The first-order valence-corrected chi connectivity index (χ1v) is 5.98. The van der Waals surface area contributed by atoms with Gasteiger partial charge in [0.15, 0.2) is 0 Å². The van der Waals surface area contributed by atoms with E-state index in [0.29, 0.717) is 0 Å². The van der Waals surface area contributed by atoms with Crippen LogP contribution in [0.4, 0.5) is 0 Å². The third-order valence-electron chi connectivity index (χ3n) is 2.67. The van der Waals surface area contributed by atoms with Gasteiger partial charge in [-0.1, -0.05) is 12.1 Å². The zero-order valence-electron chi connectivity index (χ0n) is 10.1. The molecule has 1 heterocycles. The summed E-state index contributed by atoms with van der Waals surface area (Å²) in [6, 6.07) is 8.34. The molecule has 17 heavy (non-hydrogen) atoms. The van der Waals surface area contributed by atoms with Gasteiger partial charge in [0.1, 0.15) is 0 Å². The molecule has 0 amide bonds. The van der Waals surface area contributed by atoms with Crippen molar-refractivity contribution in [1.82, 2.24) is 15.0 Å². The highest BCUT2D eigenvalue weighted by molar-refractivity contribution is 5.34. The van der Waals surface area contributed by atoms with Crippen molar-refractivity contribution in [3.63, 3.8) is 0 Å². The van der Waals surface area contributed by atoms with Crippen molar-refractivity contribution in [2.45, 2.75) is 26.2 Å². The molecule has 4 nitrogen and oxygen atoms in total. The van der Waals surface area contributed by atoms with E-state index in [2.05, 4.69) is 22.3 Å². The lowest BCUT2D eigenvalue weighted by Gasteiger charge is -2.04. The number of unbranched alkanes of at least 4 members (excludes halogenated alkanes) is 1. The first-order chi connectivity index (χ1) is 8.29. The number of hydrogen-bond donors (Lipinski definition) is 1. The van der Waals surface area contributed by atoms with Crippen LogP contribution in [0.1, 0.15) is 24.1 Å². The molecule has 0 saturated carbocycles. The predicted molar refractivity (Wildman–Crippen MR) is 68.1 cm³/mol. The Bertz CT molecular complexity index is 476. The maximum Gasteiger partial charge on any atom is 0.0859 e. The van der Waals surface area contributed by atoms with Crippen LogP contribution in [0.3, 0.4) is 0 Å². The van der Waals surface area contributed by atoms with E-state index in [1.165, 1.54) is 5.56 Å². The van der Waals surface area contributed by atoms with E-state index in [9.17, 15) is 0 Å². The summed E-state index contributed by atoms with van der Waals surface area (Å²) in [5, 5.41) is 8.51. The maximum absolute atomic E-state index is 5.49. The quantitative estimate of drug-likeness (QED) is 0.798. The van der Waals surface area contributed by atoms with Gasteiger partial charge in [-0.25, -0.2) is 0 Å². The average molecular weight is 230 g/mol. The summed E-state index contributed by atoms with van der Waals surface area (Å²) in [4.78, 5) is 1.67. The largest absolute Gasteiger partial charge is 0.330 e. The normalized spacial score (nSPS) is 10.7. The molecule has 1 aromatic carbocycles. The van der Waals surface area contributed by atoms with E-state index in [1.807, 2.05) is 19.1 Å². The Morgan fingerprint density at radius 1 is 1.29 bits per heavy atom. The molecule has 0 spiro atoms. The fourth-order valence-corrected chi connectivity index (χ4v) is 1.77. The molecule has 0 radical (unpaired) electrons. The molecule has 0 saturated heterocycles. The molecule has 2 rings (SSSR count). The van der Waals surface area contributed by atoms with Gasteiger partial charge in [-0.15, -0.1) is 0 Å². The molecule has 0 fully saturated rings. The fraction of sp³-hybridized carbons (Fsp3) is 0.385. The molecule has 0 bridgehead atoms. The Morgan fingerprint density at radius 3 is 2.88 bits per heavy atom. The first kappa shape index (κ1) is 11.8. The molecule has 0 unspecified atom stereocenters. The summed E-state index contributed by atoms with van der Waals surface area (Å²) in [6.45, 7) is 2.70. The Morgan fingerprint density at radius 2 is 2.18 bits per heavy atom. The number of rotatable bonds is 5. The van der Waals surface area contributed by atoms with Crippen molar-refractivity contribution in [2.75, 3.05) is 6.54 Å². The first-order valence-electron chi connectivity index (χ1n) is 5.98. The molecular formula is C13H18N4. The second kappa shape index (κ2) is 5.59. The van der Waals surface area contributed by atoms with Gasteiger partial charge >= 0.3 is 0 Å². The Balaban J connectivity index is 2.11. The third kappa shape index (κ3) is 3.14. The predicted octanol–water partition coefficient (Wildman–Crippen LogP) is 1.86. The summed E-state index contributed by atoms with van der Waals surface area (Å²) in [7, 11) is 0. The highest BCUT2D eigenvalue weighted by atomic mass is 15.5. The van der Waals surface area contributed by atoms with Crippen LogP contribution >= 0.6 is 0 Å². The Hall–Kier alpha value is -1.68. The number of benzene rings is 1. The molecule has 0 aliphatic heterocycles. The number of aryl methyl sites for hydroxylation is 2. The molecular weight excluding hydrogens is 212 g/mol. The van der Waals surface area contributed by atoms with E-state index in [1.54, 1.807) is 11.0 Å². The minimum atomic E-state index is 0.763. The molecule has 4 heteroatoms. The van der Waals surface area contributed by atoms with Gasteiger partial charge in [0.2, 0.25) is 0 Å². The zero-order valence-corrected chi connectivity index (χ0v) is 10.1. The van der Waals surface area contributed by atoms with Crippen molar-refractivity contribution < 1.29 is 0 Å². The molecule has 2 N–H and O–H groups in total. The number of hydrogen-bond acceptors (Lipinski definition) is 3. The highest BCUT2D eigenvalue weighted by Crippen LogP contribution is 2.11. The summed E-state index contributed by atoms with van der Waals surface area (Å²) < 4.78 is 0. The van der Waals surface area contributed by atoms with Crippen LogP contribution in [-0.2, 0) is 6.42 Å². The van der Waals surface area contributed by atoms with E-state index in [-0.39, 0.29) is 0 Å². The van der Waals surface area contributed by atoms with Crippen molar-refractivity contribution in [1.29, 1.82) is 0 Å². The summed E-state index contributed by atoms with van der Waals surface area (Å²) in [5.74, 6) is 0. The van der Waals surface area contributed by atoms with Crippen LogP contribution in [0.2, 0.25) is 0 Å². The minimum Gasteiger partial charge on any atom is -0.330 e. The Kier molecular flexibility index (Phi) is 3.88. The summed E-state index contributed by atoms with van der Waals surface area (Å²) >= 11 is 0. The van der Waals surface area contributed by atoms with Crippen LogP contribution in [-0.4, -0.2) is 21.5 Å². The molecule has 90 valence electrons. The number of nitrogens with two attached hydrogens (primary N) is 1.